The minimum atomic E-state index is -0.691. The summed E-state index contributed by atoms with van der Waals surface area (Å²) in [4.78, 5) is 57.8. The molecule has 0 aromatic carbocycles. The van der Waals surface area contributed by atoms with Gasteiger partial charge in [-0.25, -0.2) is 4.79 Å². The molecule has 280 valence electrons. The largest absolute Gasteiger partial charge is 0.481 e. The van der Waals surface area contributed by atoms with Crippen LogP contribution in [-0.4, -0.2) is 87.3 Å². The molecule has 12 nitrogen and oxygen atoms in total. The molecule has 0 radical (unpaired) electrons. The molecule has 0 saturated heterocycles. The Kier molecular flexibility index (Phi) is 32.2. The zero-order valence-electron chi connectivity index (χ0n) is 30.2. The number of unbranched alkanes of at least 4 members (excludes halogenated alkanes) is 14. The number of aliphatic carboxylic acids is 1. The van der Waals surface area contributed by atoms with Gasteiger partial charge in [0.25, 0.3) is 0 Å². The van der Waals surface area contributed by atoms with Crippen molar-refractivity contribution in [2.45, 2.75) is 142 Å². The van der Waals surface area contributed by atoms with E-state index in [1.807, 2.05) is 13.8 Å². The number of urea groups is 1. The van der Waals surface area contributed by atoms with E-state index in [1.165, 1.54) is 57.8 Å². The second kappa shape index (κ2) is 34.1. The number of ether oxygens (including phenoxy) is 2. The Morgan fingerprint density at radius 1 is 0.479 bits per heavy atom. The zero-order valence-corrected chi connectivity index (χ0v) is 30.2. The van der Waals surface area contributed by atoms with Crippen LogP contribution in [0.2, 0.25) is 0 Å². The quantitative estimate of drug-likeness (QED) is 0.0532. The van der Waals surface area contributed by atoms with Gasteiger partial charge in [0.2, 0.25) is 11.8 Å². The van der Waals surface area contributed by atoms with E-state index in [4.69, 9.17) is 14.6 Å². The lowest BCUT2D eigenvalue weighted by molar-refractivity contribution is -0.137. The van der Waals surface area contributed by atoms with E-state index in [1.54, 1.807) is 0 Å². The molecule has 0 bridgehead atoms. The number of carbonyl (C=O) groups excluding carboxylic acids is 4. The molecule has 0 spiro atoms. The summed E-state index contributed by atoms with van der Waals surface area (Å²) in [5.41, 5.74) is 0. The van der Waals surface area contributed by atoms with E-state index in [0.29, 0.717) is 71.7 Å². The Morgan fingerprint density at radius 2 is 0.896 bits per heavy atom. The van der Waals surface area contributed by atoms with Gasteiger partial charge >= 0.3 is 12.0 Å². The van der Waals surface area contributed by atoms with Crippen molar-refractivity contribution in [2.75, 3.05) is 52.6 Å². The lowest BCUT2D eigenvalue weighted by Crippen LogP contribution is -2.38. The number of carbonyl (C=O) groups is 5. The molecule has 0 fully saturated rings. The molecule has 0 rings (SSSR count). The molecule has 0 aliphatic carbocycles. The molecular formula is C36H68N4O8. The van der Waals surface area contributed by atoms with Crippen LogP contribution in [0.5, 0.6) is 0 Å². The molecule has 5 N–H and O–H groups in total. The van der Waals surface area contributed by atoms with Crippen LogP contribution in [0.15, 0.2) is 0 Å². The summed E-state index contributed by atoms with van der Waals surface area (Å²) in [6, 6.07) is -0.266. The Bertz CT molecular complexity index is 841. The fourth-order valence-corrected chi connectivity index (χ4v) is 4.87. The molecule has 0 aromatic rings. The maximum absolute atomic E-state index is 12.0. The average molecular weight is 685 g/mol. The highest BCUT2D eigenvalue weighted by Crippen LogP contribution is 2.13. The van der Waals surface area contributed by atoms with Gasteiger partial charge in [-0.1, -0.05) is 90.9 Å². The first kappa shape index (κ1) is 45.3. The van der Waals surface area contributed by atoms with Crippen molar-refractivity contribution < 1.29 is 38.6 Å². The van der Waals surface area contributed by atoms with Crippen LogP contribution in [-0.2, 0) is 28.7 Å². The molecule has 48 heavy (non-hydrogen) atoms. The Labute approximate surface area is 290 Å². The van der Waals surface area contributed by atoms with Crippen LogP contribution in [0.25, 0.3) is 0 Å². The third-order valence-electron chi connectivity index (χ3n) is 7.95. The van der Waals surface area contributed by atoms with E-state index >= 15 is 0 Å². The third-order valence-corrected chi connectivity index (χ3v) is 7.95. The predicted octanol–water partition coefficient (Wildman–Crippen LogP) is 5.66. The molecular weight excluding hydrogens is 616 g/mol. The van der Waals surface area contributed by atoms with Crippen molar-refractivity contribution in [1.29, 1.82) is 0 Å². The standard InChI is InChI=1S/C36H68N4O8/c1-31(2)32(41)30-48-29-28-47-27-26-40-36(46)39-24-18-17-23-37-34(43)21-19-25-38-33(42)20-15-13-11-9-7-5-3-4-6-8-10-12-14-16-22-35(44)45/h31H,3-30H2,1-2H3,(H,37,43)(H,38,42)(H,44,45)(H2,39,40,46). The summed E-state index contributed by atoms with van der Waals surface area (Å²) in [7, 11) is 0. The average Bonchev–Trinajstić information content (AvgIpc) is 3.05. The van der Waals surface area contributed by atoms with Gasteiger partial charge in [0.1, 0.15) is 6.61 Å². The number of hydrogen-bond acceptors (Lipinski definition) is 7. The molecule has 4 amide bonds. The maximum atomic E-state index is 12.0. The zero-order chi connectivity index (χ0) is 35.5. The number of carboxylic acid groups (broad SMARTS) is 1. The summed E-state index contributed by atoms with van der Waals surface area (Å²) >= 11 is 0. The fraction of sp³-hybridized carbons (Fsp3) is 0.861. The van der Waals surface area contributed by atoms with Gasteiger partial charge in [0.05, 0.1) is 19.8 Å². The minimum absolute atomic E-state index is 0.0307. The number of Topliss-reactive ketones (excluding diaryl/α,β-unsaturated/α-hetero) is 1. The van der Waals surface area contributed by atoms with Gasteiger partial charge in [-0.15, -0.1) is 0 Å². The first-order valence-corrected chi connectivity index (χ1v) is 18.7. The van der Waals surface area contributed by atoms with Crippen molar-refractivity contribution >= 4 is 29.6 Å². The molecule has 0 atom stereocenters. The predicted molar refractivity (Wildman–Crippen MR) is 189 cm³/mol. The summed E-state index contributed by atoms with van der Waals surface area (Å²) in [5, 5.41) is 19.9. The summed E-state index contributed by atoms with van der Waals surface area (Å²) in [6.45, 7) is 6.76. The lowest BCUT2D eigenvalue weighted by atomic mass is 10.0. The van der Waals surface area contributed by atoms with E-state index < -0.39 is 5.97 Å². The van der Waals surface area contributed by atoms with Crippen LogP contribution in [0.4, 0.5) is 4.79 Å². The van der Waals surface area contributed by atoms with Crippen molar-refractivity contribution in [2.24, 2.45) is 5.92 Å². The second-order valence-corrected chi connectivity index (χ2v) is 12.8. The third kappa shape index (κ3) is 34.6. The van der Waals surface area contributed by atoms with Gasteiger partial charge in [-0.05, 0) is 32.1 Å². The molecule has 0 aromatic heterocycles. The van der Waals surface area contributed by atoms with Gasteiger partial charge in [0, 0.05) is 51.4 Å². The van der Waals surface area contributed by atoms with Crippen LogP contribution in [0.1, 0.15) is 142 Å². The van der Waals surface area contributed by atoms with Crippen molar-refractivity contribution in [3.63, 3.8) is 0 Å². The number of rotatable bonds is 35. The van der Waals surface area contributed by atoms with Crippen LogP contribution < -0.4 is 21.3 Å². The SMILES string of the molecule is CC(C)C(=O)COCCOCCNC(=O)NCCCCNC(=O)CCCNC(=O)CCCCCCCCCCCCCCCCC(=O)O. The van der Waals surface area contributed by atoms with Gasteiger partial charge in [-0.3, -0.25) is 19.2 Å². The molecule has 0 aliphatic heterocycles. The monoisotopic (exact) mass is 685 g/mol. The number of carboxylic acids is 1. The lowest BCUT2D eigenvalue weighted by Gasteiger charge is -2.09. The first-order chi connectivity index (χ1) is 23.2. The molecule has 0 heterocycles. The number of nitrogens with one attached hydrogen (secondary N) is 4. The van der Waals surface area contributed by atoms with Crippen LogP contribution in [0.3, 0.4) is 0 Å². The number of amides is 4. The number of ketones is 1. The molecule has 12 heteroatoms. The summed E-state index contributed by atoms with van der Waals surface area (Å²) in [5.74, 6) is -0.638. The van der Waals surface area contributed by atoms with E-state index in [0.717, 1.165) is 44.9 Å². The second-order valence-electron chi connectivity index (χ2n) is 12.8. The molecule has 0 unspecified atom stereocenters. The highest BCUT2D eigenvalue weighted by atomic mass is 16.5. The minimum Gasteiger partial charge on any atom is -0.481 e. The Balaban J connectivity index is 3.38. The summed E-state index contributed by atoms with van der Waals surface area (Å²) < 4.78 is 10.6. The molecule has 0 aliphatic rings. The topological polar surface area (TPSA) is 172 Å². The molecule has 0 saturated carbocycles. The van der Waals surface area contributed by atoms with Crippen molar-refractivity contribution in [1.82, 2.24) is 21.3 Å². The Morgan fingerprint density at radius 3 is 1.42 bits per heavy atom. The summed E-state index contributed by atoms with van der Waals surface area (Å²) in [6.07, 6.45) is 19.6. The maximum Gasteiger partial charge on any atom is 0.314 e. The van der Waals surface area contributed by atoms with Gasteiger partial charge < -0.3 is 35.8 Å². The van der Waals surface area contributed by atoms with Gasteiger partial charge in [-0.2, -0.15) is 0 Å². The van der Waals surface area contributed by atoms with Crippen molar-refractivity contribution in [3.8, 4) is 0 Å². The fourth-order valence-electron chi connectivity index (χ4n) is 4.87. The van der Waals surface area contributed by atoms with Crippen LogP contribution in [0, 0.1) is 5.92 Å². The van der Waals surface area contributed by atoms with E-state index in [-0.39, 0.29) is 36.2 Å². The normalized spacial score (nSPS) is 11.0. The van der Waals surface area contributed by atoms with Crippen LogP contribution >= 0.6 is 0 Å². The highest BCUT2D eigenvalue weighted by molar-refractivity contribution is 5.81. The van der Waals surface area contributed by atoms with Gasteiger partial charge in [0.15, 0.2) is 5.78 Å². The van der Waals surface area contributed by atoms with E-state index in [2.05, 4.69) is 21.3 Å². The Hall–Kier alpha value is -2.73. The van der Waals surface area contributed by atoms with Crippen molar-refractivity contribution in [3.05, 3.63) is 0 Å². The highest BCUT2D eigenvalue weighted by Gasteiger charge is 2.07. The smallest absolute Gasteiger partial charge is 0.314 e. The number of hydrogen-bond donors (Lipinski definition) is 5. The van der Waals surface area contributed by atoms with E-state index in [9.17, 15) is 24.0 Å². The first-order valence-electron chi connectivity index (χ1n) is 18.7.